The Balaban J connectivity index is 2.51. The third kappa shape index (κ3) is 5.64. The van der Waals surface area contributed by atoms with Gasteiger partial charge in [0.25, 0.3) is 0 Å². The van der Waals surface area contributed by atoms with Crippen molar-refractivity contribution in [3.05, 3.63) is 23.2 Å². The van der Waals surface area contributed by atoms with Gasteiger partial charge < -0.3 is 9.73 Å². The summed E-state index contributed by atoms with van der Waals surface area (Å²) in [7, 11) is -3.27. The van der Waals surface area contributed by atoms with Crippen LogP contribution in [0.3, 0.4) is 0 Å². The van der Waals surface area contributed by atoms with Crippen LogP contribution in [0.15, 0.2) is 10.5 Å². The van der Waals surface area contributed by atoms with Gasteiger partial charge in [-0.3, -0.25) is 0 Å². The molecule has 0 spiro atoms. The van der Waals surface area contributed by atoms with E-state index in [9.17, 15) is 8.42 Å². The van der Waals surface area contributed by atoms with Crippen LogP contribution in [0.5, 0.6) is 0 Å². The molecule has 1 aromatic rings. The zero-order chi connectivity index (χ0) is 15.3. The average Bonchev–Trinajstić information content (AvgIpc) is 2.63. The van der Waals surface area contributed by atoms with Gasteiger partial charge in [0.1, 0.15) is 11.5 Å². The Morgan fingerprint density at radius 2 is 1.90 bits per heavy atom. The van der Waals surface area contributed by atoms with Crippen molar-refractivity contribution in [1.82, 2.24) is 10.0 Å². The first kappa shape index (κ1) is 17.2. The van der Waals surface area contributed by atoms with E-state index >= 15 is 0 Å². The van der Waals surface area contributed by atoms with Crippen LogP contribution in [-0.2, 0) is 10.0 Å². The van der Waals surface area contributed by atoms with E-state index in [1.807, 2.05) is 40.7 Å². The van der Waals surface area contributed by atoms with E-state index in [1.54, 1.807) is 0 Å². The summed E-state index contributed by atoms with van der Waals surface area (Å²) in [5, 5.41) is 3.21. The monoisotopic (exact) mass is 302 g/mol. The van der Waals surface area contributed by atoms with Crippen LogP contribution in [0.25, 0.3) is 0 Å². The van der Waals surface area contributed by atoms with Gasteiger partial charge in [-0.2, -0.15) is 0 Å². The molecular weight excluding hydrogens is 276 g/mol. The highest BCUT2D eigenvalue weighted by molar-refractivity contribution is 7.89. The number of nitrogens with one attached hydrogen (secondary N) is 2. The first-order chi connectivity index (χ1) is 9.21. The molecule has 5 nitrogen and oxygen atoms in total. The summed E-state index contributed by atoms with van der Waals surface area (Å²) in [5.41, 5.74) is 0.895. The van der Waals surface area contributed by atoms with Gasteiger partial charge in [0.15, 0.2) is 0 Å². The normalized spacial score (nSPS) is 13.9. The van der Waals surface area contributed by atoms with E-state index in [0.29, 0.717) is 19.0 Å². The largest absolute Gasteiger partial charge is 0.466 e. The number of sulfonamides is 1. The number of aryl methyl sites for hydroxylation is 2. The van der Waals surface area contributed by atoms with E-state index in [0.717, 1.165) is 17.1 Å². The fraction of sp³-hybridized carbons (Fsp3) is 0.714. The Labute approximate surface area is 122 Å². The Morgan fingerprint density at radius 1 is 1.25 bits per heavy atom. The van der Waals surface area contributed by atoms with Crippen molar-refractivity contribution in [2.24, 2.45) is 0 Å². The molecule has 2 N–H and O–H groups in total. The minimum absolute atomic E-state index is 0.132. The fourth-order valence-electron chi connectivity index (χ4n) is 2.13. The summed E-state index contributed by atoms with van der Waals surface area (Å²) in [6, 6.07) is 1.99. The summed E-state index contributed by atoms with van der Waals surface area (Å²) >= 11 is 0. The number of hydrogen-bond donors (Lipinski definition) is 2. The molecule has 0 saturated heterocycles. The molecule has 0 radical (unpaired) electrons. The van der Waals surface area contributed by atoms with Gasteiger partial charge in [0.05, 0.1) is 5.75 Å². The number of rotatable bonds is 8. The highest BCUT2D eigenvalue weighted by Gasteiger charge is 2.19. The smallest absolute Gasteiger partial charge is 0.212 e. The number of hydrogen-bond acceptors (Lipinski definition) is 4. The zero-order valence-corrected chi connectivity index (χ0v) is 13.8. The van der Waals surface area contributed by atoms with Gasteiger partial charge in [0, 0.05) is 17.6 Å². The maximum atomic E-state index is 12.0. The molecule has 0 aromatic carbocycles. The fourth-order valence-corrected chi connectivity index (χ4v) is 3.43. The molecular formula is C14H26N2O3S. The van der Waals surface area contributed by atoms with Crippen molar-refractivity contribution in [2.75, 3.05) is 12.3 Å². The first-order valence-electron chi connectivity index (χ1n) is 7.01. The molecule has 0 aliphatic rings. The maximum Gasteiger partial charge on any atom is 0.212 e. The van der Waals surface area contributed by atoms with Crippen molar-refractivity contribution in [1.29, 1.82) is 0 Å². The summed E-state index contributed by atoms with van der Waals surface area (Å²) < 4.78 is 32.1. The highest BCUT2D eigenvalue weighted by Crippen LogP contribution is 2.21. The molecule has 0 saturated carbocycles. The van der Waals surface area contributed by atoms with Gasteiger partial charge >= 0.3 is 0 Å². The maximum absolute atomic E-state index is 12.0. The third-order valence-corrected chi connectivity index (χ3v) is 4.58. The quantitative estimate of drug-likeness (QED) is 0.723. The van der Waals surface area contributed by atoms with E-state index in [1.165, 1.54) is 0 Å². The lowest BCUT2D eigenvalue weighted by molar-refractivity contribution is 0.496. The van der Waals surface area contributed by atoms with Crippen LogP contribution in [-0.4, -0.2) is 26.8 Å². The van der Waals surface area contributed by atoms with E-state index in [-0.39, 0.29) is 11.8 Å². The molecule has 1 rings (SSSR count). The minimum Gasteiger partial charge on any atom is -0.466 e. The molecule has 20 heavy (non-hydrogen) atoms. The summed E-state index contributed by atoms with van der Waals surface area (Å²) in [5.74, 6) is 1.69. The standard InChI is InChI=1S/C14H26N2O3S/c1-10(2)15-7-6-8-20(17,18)16-12(4)14-9-11(3)19-13(14)5/h9-10,12,15-16H,6-8H2,1-5H3. The molecule has 1 atom stereocenters. The second-order valence-corrected chi connectivity index (χ2v) is 7.36. The van der Waals surface area contributed by atoms with Crippen LogP contribution in [0.2, 0.25) is 0 Å². The van der Waals surface area contributed by atoms with E-state index in [2.05, 4.69) is 10.0 Å². The lowest BCUT2D eigenvalue weighted by Crippen LogP contribution is -2.31. The van der Waals surface area contributed by atoms with Crippen molar-refractivity contribution in [2.45, 2.75) is 53.1 Å². The van der Waals surface area contributed by atoms with E-state index in [4.69, 9.17) is 4.42 Å². The zero-order valence-electron chi connectivity index (χ0n) is 13.0. The van der Waals surface area contributed by atoms with Gasteiger partial charge in [0.2, 0.25) is 10.0 Å². The van der Waals surface area contributed by atoms with Gasteiger partial charge in [-0.05, 0) is 39.8 Å². The van der Waals surface area contributed by atoms with Crippen LogP contribution >= 0.6 is 0 Å². The van der Waals surface area contributed by atoms with Crippen LogP contribution in [0.1, 0.15) is 50.3 Å². The SMILES string of the molecule is Cc1cc(C(C)NS(=O)(=O)CCCNC(C)C)c(C)o1. The molecule has 1 heterocycles. The highest BCUT2D eigenvalue weighted by atomic mass is 32.2. The third-order valence-electron chi connectivity index (χ3n) is 3.04. The lowest BCUT2D eigenvalue weighted by Gasteiger charge is -2.14. The van der Waals surface area contributed by atoms with Crippen molar-refractivity contribution < 1.29 is 12.8 Å². The molecule has 6 heteroatoms. The molecule has 0 aliphatic carbocycles. The summed E-state index contributed by atoms with van der Waals surface area (Å²) in [6.45, 7) is 10.3. The summed E-state index contributed by atoms with van der Waals surface area (Å²) in [6.07, 6.45) is 0.601. The Kier molecular flexibility index (Phi) is 6.23. The molecule has 0 aliphatic heterocycles. The topological polar surface area (TPSA) is 71.3 Å². The van der Waals surface area contributed by atoms with Crippen molar-refractivity contribution in [3.8, 4) is 0 Å². The predicted molar refractivity (Wildman–Crippen MR) is 81.3 cm³/mol. The number of furan rings is 1. The van der Waals surface area contributed by atoms with Crippen molar-refractivity contribution in [3.63, 3.8) is 0 Å². The molecule has 0 fully saturated rings. The Hall–Kier alpha value is -0.850. The van der Waals surface area contributed by atoms with Gasteiger partial charge in [-0.15, -0.1) is 0 Å². The van der Waals surface area contributed by atoms with Crippen LogP contribution in [0, 0.1) is 13.8 Å². The van der Waals surface area contributed by atoms with Gasteiger partial charge in [-0.25, -0.2) is 13.1 Å². The predicted octanol–water partition coefficient (Wildman–Crippen LogP) is 2.26. The lowest BCUT2D eigenvalue weighted by atomic mass is 10.1. The minimum atomic E-state index is -3.27. The molecule has 1 aromatic heterocycles. The van der Waals surface area contributed by atoms with Gasteiger partial charge in [-0.1, -0.05) is 13.8 Å². The first-order valence-corrected chi connectivity index (χ1v) is 8.67. The van der Waals surface area contributed by atoms with Crippen LogP contribution in [0.4, 0.5) is 0 Å². The Bertz CT molecular complexity index is 521. The second-order valence-electron chi connectivity index (χ2n) is 5.49. The van der Waals surface area contributed by atoms with Crippen molar-refractivity contribution >= 4 is 10.0 Å². The van der Waals surface area contributed by atoms with E-state index < -0.39 is 10.0 Å². The molecule has 1 unspecified atom stereocenters. The molecule has 116 valence electrons. The second kappa shape index (κ2) is 7.24. The van der Waals surface area contributed by atoms with Crippen LogP contribution < -0.4 is 10.0 Å². The summed E-state index contributed by atoms with van der Waals surface area (Å²) in [4.78, 5) is 0. The Morgan fingerprint density at radius 3 is 2.40 bits per heavy atom. The molecule has 0 bridgehead atoms. The molecule has 0 amide bonds. The average molecular weight is 302 g/mol.